The smallest absolute Gasteiger partial charge is 0.313 e. The number of ether oxygens (including phenoxy) is 2. The average molecular weight is 248 g/mol. The lowest BCUT2D eigenvalue weighted by atomic mass is 10.0. The van der Waals surface area contributed by atoms with Gasteiger partial charge in [0.1, 0.15) is 5.75 Å². The second kappa shape index (κ2) is 6.36. The van der Waals surface area contributed by atoms with Crippen LogP contribution in [-0.2, 0) is 9.53 Å². The molecule has 0 aliphatic rings. The summed E-state index contributed by atoms with van der Waals surface area (Å²) >= 11 is 0. The summed E-state index contributed by atoms with van der Waals surface area (Å²) in [5, 5.41) is 0. The topological polar surface area (TPSA) is 35.5 Å². The SMILES string of the molecule is C=C(COC)c1ccc(C)cc1OC(=O)C(C)C. The van der Waals surface area contributed by atoms with Crippen LogP contribution in [-0.4, -0.2) is 19.7 Å². The number of benzene rings is 1. The molecule has 0 unspecified atom stereocenters. The van der Waals surface area contributed by atoms with Crippen LogP contribution >= 0.6 is 0 Å². The lowest BCUT2D eigenvalue weighted by Gasteiger charge is -2.13. The summed E-state index contributed by atoms with van der Waals surface area (Å²) in [6.07, 6.45) is 0. The first kappa shape index (κ1) is 14.5. The fourth-order valence-corrected chi connectivity index (χ4v) is 1.48. The van der Waals surface area contributed by atoms with Crippen LogP contribution in [0.1, 0.15) is 25.0 Å². The Morgan fingerprint density at radius 2 is 2.06 bits per heavy atom. The van der Waals surface area contributed by atoms with Gasteiger partial charge in [-0.15, -0.1) is 0 Å². The molecule has 18 heavy (non-hydrogen) atoms. The molecule has 0 bridgehead atoms. The van der Waals surface area contributed by atoms with E-state index in [0.29, 0.717) is 12.4 Å². The van der Waals surface area contributed by atoms with Gasteiger partial charge in [-0.25, -0.2) is 0 Å². The van der Waals surface area contributed by atoms with Crippen molar-refractivity contribution in [3.63, 3.8) is 0 Å². The van der Waals surface area contributed by atoms with Crippen LogP contribution in [0.4, 0.5) is 0 Å². The largest absolute Gasteiger partial charge is 0.426 e. The lowest BCUT2D eigenvalue weighted by molar-refractivity contribution is -0.137. The first-order valence-corrected chi connectivity index (χ1v) is 5.95. The molecular formula is C15H20O3. The Balaban J connectivity index is 3.04. The Morgan fingerprint density at radius 3 is 2.61 bits per heavy atom. The highest BCUT2D eigenvalue weighted by Gasteiger charge is 2.14. The van der Waals surface area contributed by atoms with E-state index < -0.39 is 0 Å². The van der Waals surface area contributed by atoms with Gasteiger partial charge in [0.05, 0.1) is 12.5 Å². The normalized spacial score (nSPS) is 10.5. The molecule has 0 radical (unpaired) electrons. The Bertz CT molecular complexity index is 447. The van der Waals surface area contributed by atoms with Gasteiger partial charge in [0.15, 0.2) is 0 Å². The minimum Gasteiger partial charge on any atom is -0.426 e. The van der Waals surface area contributed by atoms with E-state index in [0.717, 1.165) is 16.7 Å². The van der Waals surface area contributed by atoms with E-state index in [1.54, 1.807) is 7.11 Å². The molecule has 0 amide bonds. The third kappa shape index (κ3) is 3.70. The molecule has 0 atom stereocenters. The van der Waals surface area contributed by atoms with Crippen LogP contribution in [0.3, 0.4) is 0 Å². The standard InChI is InChI=1S/C15H20O3/c1-10(2)15(16)18-14-8-11(3)6-7-13(14)12(4)9-17-5/h6-8,10H,4,9H2,1-3,5H3. The summed E-state index contributed by atoms with van der Waals surface area (Å²) in [6, 6.07) is 5.71. The number of esters is 1. The van der Waals surface area contributed by atoms with Crippen LogP contribution in [0.5, 0.6) is 5.75 Å². The minimum atomic E-state index is -0.243. The van der Waals surface area contributed by atoms with Crippen molar-refractivity contribution in [2.45, 2.75) is 20.8 Å². The Hall–Kier alpha value is -1.61. The zero-order chi connectivity index (χ0) is 13.7. The van der Waals surface area contributed by atoms with Crippen LogP contribution in [0, 0.1) is 12.8 Å². The average Bonchev–Trinajstić information content (AvgIpc) is 2.29. The van der Waals surface area contributed by atoms with Gasteiger partial charge < -0.3 is 9.47 Å². The molecule has 0 saturated heterocycles. The fraction of sp³-hybridized carbons (Fsp3) is 0.400. The molecule has 98 valence electrons. The van der Waals surface area contributed by atoms with Crippen LogP contribution in [0.2, 0.25) is 0 Å². The molecule has 1 aromatic rings. The summed E-state index contributed by atoms with van der Waals surface area (Å²) in [5.74, 6) is 0.150. The molecule has 0 aromatic heterocycles. The molecule has 0 fully saturated rings. The van der Waals surface area contributed by atoms with E-state index in [1.165, 1.54) is 0 Å². The van der Waals surface area contributed by atoms with Gasteiger partial charge in [-0.2, -0.15) is 0 Å². The number of hydrogen-bond donors (Lipinski definition) is 0. The molecule has 0 spiro atoms. The maximum atomic E-state index is 11.7. The maximum Gasteiger partial charge on any atom is 0.313 e. The number of aryl methyl sites for hydroxylation is 1. The molecule has 0 heterocycles. The zero-order valence-corrected chi connectivity index (χ0v) is 11.4. The van der Waals surface area contributed by atoms with Crippen molar-refractivity contribution < 1.29 is 14.3 Å². The molecular weight excluding hydrogens is 228 g/mol. The van der Waals surface area contributed by atoms with Gasteiger partial charge in [0.2, 0.25) is 0 Å². The summed E-state index contributed by atoms with van der Waals surface area (Å²) in [7, 11) is 1.61. The van der Waals surface area contributed by atoms with Crippen molar-refractivity contribution in [3.05, 3.63) is 35.9 Å². The summed E-state index contributed by atoms with van der Waals surface area (Å²) in [4.78, 5) is 11.7. The van der Waals surface area contributed by atoms with E-state index in [1.807, 2.05) is 39.0 Å². The second-order valence-electron chi connectivity index (χ2n) is 4.61. The van der Waals surface area contributed by atoms with Gasteiger partial charge in [-0.1, -0.05) is 32.6 Å². The second-order valence-corrected chi connectivity index (χ2v) is 4.61. The van der Waals surface area contributed by atoms with E-state index in [-0.39, 0.29) is 11.9 Å². The summed E-state index contributed by atoms with van der Waals surface area (Å²) in [5.41, 5.74) is 2.65. The monoisotopic (exact) mass is 248 g/mol. The Morgan fingerprint density at radius 1 is 1.39 bits per heavy atom. The summed E-state index contributed by atoms with van der Waals surface area (Å²) in [6.45, 7) is 9.92. The highest BCUT2D eigenvalue weighted by atomic mass is 16.5. The molecule has 0 aliphatic carbocycles. The molecule has 3 nitrogen and oxygen atoms in total. The van der Waals surface area contributed by atoms with Gasteiger partial charge in [0.25, 0.3) is 0 Å². The number of hydrogen-bond acceptors (Lipinski definition) is 3. The maximum absolute atomic E-state index is 11.7. The third-order valence-corrected chi connectivity index (χ3v) is 2.52. The van der Waals surface area contributed by atoms with Crippen LogP contribution in [0.25, 0.3) is 5.57 Å². The number of carbonyl (C=O) groups is 1. The third-order valence-electron chi connectivity index (χ3n) is 2.52. The Labute approximate surface area is 108 Å². The zero-order valence-electron chi connectivity index (χ0n) is 11.4. The van der Waals surface area contributed by atoms with Gasteiger partial charge in [-0.05, 0) is 24.1 Å². The molecule has 3 heteroatoms. The molecule has 0 aliphatic heterocycles. The van der Waals surface area contributed by atoms with Gasteiger partial charge in [-0.3, -0.25) is 4.79 Å². The predicted octanol–water partition coefficient (Wildman–Crippen LogP) is 3.22. The highest BCUT2D eigenvalue weighted by Crippen LogP contribution is 2.27. The van der Waals surface area contributed by atoms with E-state index in [4.69, 9.17) is 9.47 Å². The number of rotatable bonds is 5. The highest BCUT2D eigenvalue weighted by molar-refractivity contribution is 5.78. The quantitative estimate of drug-likeness (QED) is 0.593. The predicted molar refractivity (Wildman–Crippen MR) is 72.6 cm³/mol. The van der Waals surface area contributed by atoms with Gasteiger partial charge >= 0.3 is 5.97 Å². The molecule has 1 rings (SSSR count). The number of carbonyl (C=O) groups excluding carboxylic acids is 1. The first-order valence-electron chi connectivity index (χ1n) is 5.95. The van der Waals surface area contributed by atoms with Gasteiger partial charge in [0, 0.05) is 12.7 Å². The Kier molecular flexibility index (Phi) is 5.10. The molecule has 0 N–H and O–H groups in total. The van der Waals surface area contributed by atoms with Crippen molar-refractivity contribution in [3.8, 4) is 5.75 Å². The first-order chi connectivity index (χ1) is 8.45. The van der Waals surface area contributed by atoms with E-state index in [9.17, 15) is 4.79 Å². The van der Waals surface area contributed by atoms with Crippen LogP contribution < -0.4 is 4.74 Å². The van der Waals surface area contributed by atoms with Crippen molar-refractivity contribution in [1.29, 1.82) is 0 Å². The fourth-order valence-electron chi connectivity index (χ4n) is 1.48. The molecule has 0 saturated carbocycles. The molecule has 1 aromatic carbocycles. The van der Waals surface area contributed by atoms with Crippen molar-refractivity contribution in [2.24, 2.45) is 5.92 Å². The van der Waals surface area contributed by atoms with Crippen LogP contribution in [0.15, 0.2) is 24.8 Å². The number of methoxy groups -OCH3 is 1. The van der Waals surface area contributed by atoms with Crippen molar-refractivity contribution in [1.82, 2.24) is 0 Å². The summed E-state index contributed by atoms with van der Waals surface area (Å²) < 4.78 is 10.5. The minimum absolute atomic E-state index is 0.158. The lowest BCUT2D eigenvalue weighted by Crippen LogP contribution is -2.16. The van der Waals surface area contributed by atoms with Crippen molar-refractivity contribution in [2.75, 3.05) is 13.7 Å². The van der Waals surface area contributed by atoms with E-state index in [2.05, 4.69) is 6.58 Å². The van der Waals surface area contributed by atoms with E-state index >= 15 is 0 Å². The van der Waals surface area contributed by atoms with Crippen molar-refractivity contribution >= 4 is 11.5 Å².